The fourth-order valence-corrected chi connectivity index (χ4v) is 1.68. The average Bonchev–Trinajstić information content (AvgIpc) is 2.58. The average molecular weight is 266 g/mol. The van der Waals surface area contributed by atoms with Crippen LogP contribution in [0.4, 0.5) is 11.6 Å². The quantitative estimate of drug-likeness (QED) is 0.872. The minimum atomic E-state index is 0.763. The first-order valence-electron chi connectivity index (χ1n) is 4.70. The fraction of sp³-hybridized carbons (Fsp3) is 0.182. The molecular formula is C11H12BrN3. The van der Waals surface area contributed by atoms with Gasteiger partial charge in [0.05, 0.1) is 5.69 Å². The van der Waals surface area contributed by atoms with Crippen molar-refractivity contribution in [3.8, 4) is 0 Å². The van der Waals surface area contributed by atoms with Gasteiger partial charge in [0.25, 0.3) is 0 Å². The van der Waals surface area contributed by atoms with Gasteiger partial charge in [-0.1, -0.05) is 6.07 Å². The Bertz CT molecular complexity index is 476. The SMILES string of the molecule is Cc1ccc(Br)c(Nc2ncc(C)[nH]2)c1. The Morgan fingerprint density at radius 2 is 2.13 bits per heavy atom. The summed E-state index contributed by atoms with van der Waals surface area (Å²) in [6, 6.07) is 6.15. The van der Waals surface area contributed by atoms with E-state index in [9.17, 15) is 0 Å². The van der Waals surface area contributed by atoms with E-state index in [-0.39, 0.29) is 0 Å². The van der Waals surface area contributed by atoms with Crippen LogP contribution in [-0.2, 0) is 0 Å². The molecule has 0 unspecified atom stereocenters. The molecule has 78 valence electrons. The Morgan fingerprint density at radius 1 is 1.33 bits per heavy atom. The molecule has 0 amide bonds. The van der Waals surface area contributed by atoms with Crippen LogP contribution in [0.1, 0.15) is 11.3 Å². The topological polar surface area (TPSA) is 40.7 Å². The zero-order valence-electron chi connectivity index (χ0n) is 8.63. The third-order valence-corrected chi connectivity index (χ3v) is 2.77. The zero-order chi connectivity index (χ0) is 10.8. The largest absolute Gasteiger partial charge is 0.328 e. The van der Waals surface area contributed by atoms with E-state index in [2.05, 4.69) is 50.3 Å². The molecule has 0 aliphatic carbocycles. The maximum atomic E-state index is 4.19. The highest BCUT2D eigenvalue weighted by Crippen LogP contribution is 2.25. The number of nitrogens with one attached hydrogen (secondary N) is 2. The van der Waals surface area contributed by atoms with E-state index in [1.54, 1.807) is 6.20 Å². The Balaban J connectivity index is 2.27. The summed E-state index contributed by atoms with van der Waals surface area (Å²) < 4.78 is 1.03. The van der Waals surface area contributed by atoms with Crippen molar-refractivity contribution in [2.24, 2.45) is 0 Å². The Kier molecular flexibility index (Phi) is 2.77. The highest BCUT2D eigenvalue weighted by Gasteiger charge is 2.02. The van der Waals surface area contributed by atoms with Crippen molar-refractivity contribution in [3.63, 3.8) is 0 Å². The number of halogens is 1. The maximum absolute atomic E-state index is 4.19. The van der Waals surface area contributed by atoms with Crippen LogP contribution in [0.25, 0.3) is 0 Å². The van der Waals surface area contributed by atoms with Crippen molar-refractivity contribution in [2.45, 2.75) is 13.8 Å². The molecule has 1 aromatic carbocycles. The Hall–Kier alpha value is -1.29. The van der Waals surface area contributed by atoms with Gasteiger partial charge in [-0.25, -0.2) is 4.98 Å². The number of aromatic nitrogens is 2. The number of aryl methyl sites for hydroxylation is 2. The molecule has 15 heavy (non-hydrogen) atoms. The van der Waals surface area contributed by atoms with Crippen LogP contribution < -0.4 is 5.32 Å². The molecule has 0 spiro atoms. The van der Waals surface area contributed by atoms with Gasteiger partial charge in [0.15, 0.2) is 0 Å². The van der Waals surface area contributed by atoms with Crippen molar-refractivity contribution in [1.29, 1.82) is 0 Å². The van der Waals surface area contributed by atoms with Gasteiger partial charge < -0.3 is 10.3 Å². The van der Waals surface area contributed by atoms with Crippen LogP contribution in [0.3, 0.4) is 0 Å². The molecule has 0 saturated carbocycles. The number of nitrogens with zero attached hydrogens (tertiary/aromatic N) is 1. The van der Waals surface area contributed by atoms with Gasteiger partial charge in [0, 0.05) is 16.4 Å². The van der Waals surface area contributed by atoms with E-state index in [0.717, 1.165) is 21.8 Å². The minimum absolute atomic E-state index is 0.763. The summed E-state index contributed by atoms with van der Waals surface area (Å²) in [6.45, 7) is 4.04. The summed E-state index contributed by atoms with van der Waals surface area (Å²) in [5.74, 6) is 0.763. The van der Waals surface area contributed by atoms with Crippen LogP contribution in [0.15, 0.2) is 28.9 Å². The molecule has 1 heterocycles. The molecule has 2 N–H and O–H groups in total. The number of aromatic amines is 1. The summed E-state index contributed by atoms with van der Waals surface area (Å²) >= 11 is 3.49. The van der Waals surface area contributed by atoms with Gasteiger partial charge in [-0.3, -0.25) is 0 Å². The Labute approximate surface area is 97.1 Å². The molecule has 2 aromatic rings. The Morgan fingerprint density at radius 3 is 2.80 bits per heavy atom. The predicted molar refractivity (Wildman–Crippen MR) is 65.5 cm³/mol. The molecule has 3 nitrogen and oxygen atoms in total. The minimum Gasteiger partial charge on any atom is -0.328 e. The van der Waals surface area contributed by atoms with E-state index < -0.39 is 0 Å². The van der Waals surface area contributed by atoms with Crippen LogP contribution in [-0.4, -0.2) is 9.97 Å². The lowest BCUT2D eigenvalue weighted by atomic mass is 10.2. The molecule has 0 fully saturated rings. The van der Waals surface area contributed by atoms with Gasteiger partial charge in [-0.05, 0) is 47.5 Å². The van der Waals surface area contributed by atoms with E-state index >= 15 is 0 Å². The van der Waals surface area contributed by atoms with Crippen LogP contribution >= 0.6 is 15.9 Å². The highest BCUT2D eigenvalue weighted by molar-refractivity contribution is 9.10. The molecule has 0 aliphatic heterocycles. The summed E-state index contributed by atoms with van der Waals surface area (Å²) in [4.78, 5) is 7.32. The van der Waals surface area contributed by atoms with Crippen LogP contribution in [0.5, 0.6) is 0 Å². The number of benzene rings is 1. The second-order valence-corrected chi connectivity index (χ2v) is 4.38. The van der Waals surface area contributed by atoms with Crippen molar-refractivity contribution < 1.29 is 0 Å². The number of rotatable bonds is 2. The normalized spacial score (nSPS) is 10.3. The van der Waals surface area contributed by atoms with Crippen molar-refractivity contribution in [3.05, 3.63) is 40.1 Å². The smallest absolute Gasteiger partial charge is 0.204 e. The number of hydrogen-bond acceptors (Lipinski definition) is 2. The summed E-state index contributed by atoms with van der Waals surface area (Å²) in [6.07, 6.45) is 1.80. The first kappa shape index (κ1) is 10.2. The van der Waals surface area contributed by atoms with E-state index in [1.807, 2.05) is 13.0 Å². The molecule has 1 aromatic heterocycles. The first-order valence-corrected chi connectivity index (χ1v) is 5.49. The molecule has 0 atom stereocenters. The lowest BCUT2D eigenvalue weighted by molar-refractivity contribution is 1.24. The third kappa shape index (κ3) is 2.39. The third-order valence-electron chi connectivity index (χ3n) is 2.08. The molecular weight excluding hydrogens is 254 g/mol. The van der Waals surface area contributed by atoms with E-state index in [4.69, 9.17) is 0 Å². The fourth-order valence-electron chi connectivity index (χ4n) is 1.34. The molecule has 2 rings (SSSR count). The number of anilines is 2. The molecule has 0 saturated heterocycles. The predicted octanol–water partition coefficient (Wildman–Crippen LogP) is 3.53. The lowest BCUT2D eigenvalue weighted by Gasteiger charge is -2.06. The molecule has 4 heteroatoms. The van der Waals surface area contributed by atoms with Gasteiger partial charge >= 0.3 is 0 Å². The van der Waals surface area contributed by atoms with Gasteiger partial charge in [-0.2, -0.15) is 0 Å². The highest BCUT2D eigenvalue weighted by atomic mass is 79.9. The number of H-pyrrole nitrogens is 1. The van der Waals surface area contributed by atoms with E-state index in [0.29, 0.717) is 0 Å². The van der Waals surface area contributed by atoms with Gasteiger partial charge in [0.2, 0.25) is 5.95 Å². The first-order chi connectivity index (χ1) is 7.15. The van der Waals surface area contributed by atoms with Crippen LogP contribution in [0.2, 0.25) is 0 Å². The second-order valence-electron chi connectivity index (χ2n) is 3.52. The molecule has 0 bridgehead atoms. The lowest BCUT2D eigenvalue weighted by Crippen LogP contribution is -1.93. The second kappa shape index (κ2) is 4.06. The summed E-state index contributed by atoms with van der Waals surface area (Å²) in [7, 11) is 0. The van der Waals surface area contributed by atoms with E-state index in [1.165, 1.54) is 5.56 Å². The summed E-state index contributed by atoms with van der Waals surface area (Å²) in [5, 5.41) is 3.22. The summed E-state index contributed by atoms with van der Waals surface area (Å²) in [5.41, 5.74) is 3.27. The maximum Gasteiger partial charge on any atom is 0.204 e. The van der Waals surface area contributed by atoms with Crippen LogP contribution in [0, 0.1) is 13.8 Å². The zero-order valence-corrected chi connectivity index (χ0v) is 10.2. The number of hydrogen-bond donors (Lipinski definition) is 2. The van der Waals surface area contributed by atoms with Crippen molar-refractivity contribution in [1.82, 2.24) is 9.97 Å². The molecule has 0 aliphatic rings. The van der Waals surface area contributed by atoms with Gasteiger partial charge in [0.1, 0.15) is 0 Å². The van der Waals surface area contributed by atoms with Gasteiger partial charge in [-0.15, -0.1) is 0 Å². The standard InChI is InChI=1S/C11H12BrN3/c1-7-3-4-9(12)10(5-7)15-11-13-6-8(2)14-11/h3-6H,1-2H3,(H2,13,14,15). The monoisotopic (exact) mass is 265 g/mol. The van der Waals surface area contributed by atoms with Crippen molar-refractivity contribution >= 4 is 27.6 Å². The van der Waals surface area contributed by atoms with Crippen molar-refractivity contribution in [2.75, 3.05) is 5.32 Å². The number of imidazole rings is 1. The molecule has 0 radical (unpaired) electrons.